The summed E-state index contributed by atoms with van der Waals surface area (Å²) >= 11 is 0. The fraction of sp³-hybridized carbons (Fsp3) is 0.742. The Bertz CT molecular complexity index is 994. The number of nitrogens with one attached hydrogen (secondary N) is 1. The molecular formula is C31H55N3O7Si. The number of likely N-dealkylation sites (tertiary alicyclic amines) is 1. The first-order valence-corrected chi connectivity index (χ1v) is 18.8. The summed E-state index contributed by atoms with van der Waals surface area (Å²) in [6.07, 6.45) is -0.0199. The maximum atomic E-state index is 13.0. The predicted octanol–water partition coefficient (Wildman–Crippen LogP) is 5.62. The molecule has 0 radical (unpaired) electrons. The molecular weight excluding hydrogens is 554 g/mol. The monoisotopic (exact) mass is 609 g/mol. The van der Waals surface area contributed by atoms with Crippen LogP contribution in [0.3, 0.4) is 0 Å². The molecule has 2 rings (SSSR count). The SMILES string of the molecule is COCCCOc1cc(CN(C[C@@H]2CN(C(=O)OC(C)(C)C)C[C@H]2NC(=O)OCC[Si](C)(C)C)C(C)C)ccc1OC. The highest BCUT2D eigenvalue weighted by Gasteiger charge is 2.39. The predicted molar refractivity (Wildman–Crippen MR) is 168 cm³/mol. The van der Waals surface area contributed by atoms with Crippen LogP contribution < -0.4 is 14.8 Å². The van der Waals surface area contributed by atoms with Crippen LogP contribution in [0.4, 0.5) is 9.59 Å². The van der Waals surface area contributed by atoms with Crippen molar-refractivity contribution in [1.29, 1.82) is 0 Å². The molecule has 1 aromatic rings. The second-order valence-electron chi connectivity index (χ2n) is 13.5. The summed E-state index contributed by atoms with van der Waals surface area (Å²) in [5.41, 5.74) is 0.485. The smallest absolute Gasteiger partial charge is 0.410 e. The Morgan fingerprint density at radius 2 is 1.79 bits per heavy atom. The quantitative estimate of drug-likeness (QED) is 0.202. The molecule has 1 saturated heterocycles. The van der Waals surface area contributed by atoms with E-state index in [9.17, 15) is 9.59 Å². The van der Waals surface area contributed by atoms with Gasteiger partial charge in [0.2, 0.25) is 0 Å². The minimum Gasteiger partial charge on any atom is -0.493 e. The van der Waals surface area contributed by atoms with Crippen LogP contribution in [-0.2, 0) is 20.8 Å². The molecule has 42 heavy (non-hydrogen) atoms. The van der Waals surface area contributed by atoms with Crippen molar-refractivity contribution < 1.29 is 33.3 Å². The fourth-order valence-electron chi connectivity index (χ4n) is 4.65. The van der Waals surface area contributed by atoms with Crippen LogP contribution in [0.5, 0.6) is 11.5 Å². The fourth-order valence-corrected chi connectivity index (χ4v) is 5.36. The highest BCUT2D eigenvalue weighted by molar-refractivity contribution is 6.76. The highest BCUT2D eigenvalue weighted by atomic mass is 28.3. The van der Waals surface area contributed by atoms with E-state index in [0.717, 1.165) is 18.0 Å². The summed E-state index contributed by atoms with van der Waals surface area (Å²) in [7, 11) is 1.99. The van der Waals surface area contributed by atoms with Gasteiger partial charge in [0.05, 0.1) is 26.4 Å². The average molecular weight is 610 g/mol. The van der Waals surface area contributed by atoms with Crippen LogP contribution in [-0.4, -0.2) is 101 Å². The van der Waals surface area contributed by atoms with Crippen molar-refractivity contribution in [3.05, 3.63) is 23.8 Å². The number of carbonyl (C=O) groups is 2. The third kappa shape index (κ3) is 12.8. The number of hydrogen-bond acceptors (Lipinski definition) is 8. The number of benzene rings is 1. The van der Waals surface area contributed by atoms with Gasteiger partial charge >= 0.3 is 12.2 Å². The first-order chi connectivity index (χ1) is 19.6. The number of amides is 2. The van der Waals surface area contributed by atoms with E-state index in [2.05, 4.69) is 43.7 Å². The van der Waals surface area contributed by atoms with Crippen LogP contribution >= 0.6 is 0 Å². The van der Waals surface area contributed by atoms with E-state index in [1.165, 1.54) is 0 Å². The molecule has 240 valence electrons. The number of rotatable bonds is 15. The Kier molecular flexibility index (Phi) is 13.9. The Morgan fingerprint density at radius 3 is 2.38 bits per heavy atom. The normalized spacial score (nSPS) is 17.5. The molecule has 11 heteroatoms. The molecule has 0 unspecified atom stereocenters. The molecule has 0 saturated carbocycles. The molecule has 0 aromatic heterocycles. The number of alkyl carbamates (subject to hydrolysis) is 1. The van der Waals surface area contributed by atoms with Gasteiger partial charge in [-0.05, 0) is 58.4 Å². The highest BCUT2D eigenvalue weighted by Crippen LogP contribution is 2.30. The number of ether oxygens (including phenoxy) is 5. The molecule has 0 spiro atoms. The van der Waals surface area contributed by atoms with Crippen molar-refractivity contribution in [2.24, 2.45) is 5.92 Å². The van der Waals surface area contributed by atoms with E-state index >= 15 is 0 Å². The van der Waals surface area contributed by atoms with Crippen molar-refractivity contribution in [3.63, 3.8) is 0 Å². The molecule has 2 atom stereocenters. The van der Waals surface area contributed by atoms with Gasteiger partial charge in [0.15, 0.2) is 11.5 Å². The summed E-state index contributed by atoms with van der Waals surface area (Å²) in [5.74, 6) is 1.38. The zero-order valence-electron chi connectivity index (χ0n) is 27.6. The summed E-state index contributed by atoms with van der Waals surface area (Å²) in [4.78, 5) is 29.8. The molecule has 0 aliphatic carbocycles. The number of carbonyl (C=O) groups excluding carboxylic acids is 2. The van der Waals surface area contributed by atoms with Crippen molar-refractivity contribution in [1.82, 2.24) is 15.1 Å². The van der Waals surface area contributed by atoms with Crippen molar-refractivity contribution in [3.8, 4) is 11.5 Å². The average Bonchev–Trinajstić information content (AvgIpc) is 3.26. The molecule has 2 amide bonds. The lowest BCUT2D eigenvalue weighted by Gasteiger charge is -2.31. The van der Waals surface area contributed by atoms with E-state index < -0.39 is 19.8 Å². The topological polar surface area (TPSA) is 98.8 Å². The maximum Gasteiger partial charge on any atom is 0.410 e. The van der Waals surface area contributed by atoms with Gasteiger partial charge in [-0.2, -0.15) is 0 Å². The van der Waals surface area contributed by atoms with E-state index in [4.69, 9.17) is 23.7 Å². The number of hydrogen-bond donors (Lipinski definition) is 1. The van der Waals surface area contributed by atoms with E-state index in [0.29, 0.717) is 57.5 Å². The molecule has 1 aliphatic heterocycles. The van der Waals surface area contributed by atoms with Crippen LogP contribution in [0.15, 0.2) is 18.2 Å². The molecule has 10 nitrogen and oxygen atoms in total. The van der Waals surface area contributed by atoms with Gasteiger partial charge in [0.25, 0.3) is 0 Å². The zero-order chi connectivity index (χ0) is 31.5. The largest absolute Gasteiger partial charge is 0.493 e. The van der Waals surface area contributed by atoms with Gasteiger partial charge in [-0.3, -0.25) is 4.90 Å². The van der Waals surface area contributed by atoms with Gasteiger partial charge in [-0.1, -0.05) is 25.7 Å². The minimum atomic E-state index is -1.33. The van der Waals surface area contributed by atoms with Crippen molar-refractivity contribution in [2.75, 3.05) is 53.7 Å². The first-order valence-electron chi connectivity index (χ1n) is 15.1. The van der Waals surface area contributed by atoms with Crippen LogP contribution in [0.2, 0.25) is 25.7 Å². The number of methoxy groups -OCH3 is 2. The van der Waals surface area contributed by atoms with Gasteiger partial charge in [0.1, 0.15) is 5.60 Å². The lowest BCUT2D eigenvalue weighted by molar-refractivity contribution is 0.0281. The van der Waals surface area contributed by atoms with E-state index in [1.54, 1.807) is 19.1 Å². The first kappa shape index (κ1) is 35.7. The Morgan fingerprint density at radius 1 is 1.07 bits per heavy atom. The third-order valence-electron chi connectivity index (χ3n) is 7.04. The Labute approximate surface area is 254 Å². The molecule has 1 aliphatic rings. The summed E-state index contributed by atoms with van der Waals surface area (Å²) in [6.45, 7) is 20.4. The van der Waals surface area contributed by atoms with Gasteiger partial charge in [-0.25, -0.2) is 9.59 Å². The Hall–Kier alpha value is -2.50. The van der Waals surface area contributed by atoms with Crippen LogP contribution in [0.25, 0.3) is 0 Å². The van der Waals surface area contributed by atoms with Gasteiger partial charge in [0, 0.05) is 66.4 Å². The summed E-state index contributed by atoms with van der Waals surface area (Å²) in [6, 6.07) is 6.86. The third-order valence-corrected chi connectivity index (χ3v) is 8.75. The maximum absolute atomic E-state index is 13.0. The van der Waals surface area contributed by atoms with E-state index in [1.807, 2.05) is 39.0 Å². The van der Waals surface area contributed by atoms with Crippen molar-refractivity contribution in [2.45, 2.75) is 91.0 Å². The molecule has 1 aromatic carbocycles. The molecule has 1 N–H and O–H groups in total. The Balaban J connectivity index is 2.17. The summed E-state index contributed by atoms with van der Waals surface area (Å²) < 4.78 is 27.8. The second kappa shape index (κ2) is 16.4. The second-order valence-corrected chi connectivity index (χ2v) is 19.2. The molecule has 0 bridgehead atoms. The van der Waals surface area contributed by atoms with E-state index in [-0.39, 0.29) is 24.1 Å². The lowest BCUT2D eigenvalue weighted by atomic mass is 10.0. The van der Waals surface area contributed by atoms with Crippen molar-refractivity contribution >= 4 is 20.3 Å². The van der Waals surface area contributed by atoms with Crippen LogP contribution in [0.1, 0.15) is 46.6 Å². The zero-order valence-corrected chi connectivity index (χ0v) is 28.6. The lowest BCUT2D eigenvalue weighted by Crippen LogP contribution is -2.46. The summed E-state index contributed by atoms with van der Waals surface area (Å²) in [5, 5.41) is 3.06. The standard InChI is InChI=1S/C31H55N3O7Si/c1-23(2)33(19-24-12-13-27(38-7)28(18-24)39-15-11-14-37-6)20-25-21-34(30(36)41-31(3,4)5)22-26(25)32-29(35)40-16-17-42(8,9)10/h12-13,18,23,25-26H,11,14-17,19-22H2,1-10H3,(H,32,35)/t25-,26-/m1/s1. The van der Waals surface area contributed by atoms with Gasteiger partial charge < -0.3 is 33.9 Å². The van der Waals surface area contributed by atoms with Crippen LogP contribution in [0, 0.1) is 5.92 Å². The minimum absolute atomic E-state index is 0.00697. The molecule has 1 fully saturated rings. The van der Waals surface area contributed by atoms with Gasteiger partial charge in [-0.15, -0.1) is 0 Å². The number of nitrogens with zero attached hydrogens (tertiary/aromatic N) is 2. The molecule has 1 heterocycles.